The van der Waals surface area contributed by atoms with Crippen molar-refractivity contribution >= 4 is 16.9 Å². The van der Waals surface area contributed by atoms with Crippen LogP contribution in [0.3, 0.4) is 0 Å². The largest absolute Gasteiger partial charge is 1.00 e. The molecule has 1 aromatic carbocycles. The van der Waals surface area contributed by atoms with Crippen LogP contribution in [-0.2, 0) is 13.5 Å². The number of aliphatic hydroxyl groups is 1. The average molecular weight is 395 g/mol. The van der Waals surface area contributed by atoms with Gasteiger partial charge in [-0.25, -0.2) is 4.39 Å². The van der Waals surface area contributed by atoms with E-state index in [1.165, 1.54) is 29.9 Å². The van der Waals surface area contributed by atoms with E-state index in [1.54, 1.807) is 18.2 Å². The summed E-state index contributed by atoms with van der Waals surface area (Å²) in [6, 6.07) is 7.74. The molecule has 3 aromatic rings. The van der Waals surface area contributed by atoms with E-state index in [0.29, 0.717) is 11.9 Å². The van der Waals surface area contributed by atoms with Gasteiger partial charge in [0.05, 0.1) is 12.1 Å². The van der Waals surface area contributed by atoms with Gasteiger partial charge in [-0.1, -0.05) is 12.1 Å². The summed E-state index contributed by atoms with van der Waals surface area (Å²) >= 11 is 0. The van der Waals surface area contributed by atoms with E-state index in [9.17, 15) is 19.1 Å². The number of pyridine rings is 2. The van der Waals surface area contributed by atoms with Crippen LogP contribution in [0.15, 0.2) is 41.3 Å². The number of aromatic hydroxyl groups is 1. The first-order chi connectivity index (χ1) is 12.9. The molecule has 0 spiro atoms. The molecule has 3 N–H and O–H groups in total. The number of halogens is 1. The molecule has 0 bridgehead atoms. The number of fused-ring (bicyclic) bond motifs is 1. The maximum atomic E-state index is 13.0. The SMILES string of the molecule is Cn1c(=O)c(C(=O)NCCO)c(O)c2ncc(Cc3ccc(F)cc3)cc21.[H-].[Na+]. The minimum atomic E-state index is -0.777. The summed E-state index contributed by atoms with van der Waals surface area (Å²) in [5, 5.41) is 21.5. The van der Waals surface area contributed by atoms with Crippen molar-refractivity contribution < 1.29 is 50.4 Å². The van der Waals surface area contributed by atoms with Gasteiger partial charge in [0.15, 0.2) is 5.75 Å². The van der Waals surface area contributed by atoms with Crippen molar-refractivity contribution in [3.8, 4) is 5.75 Å². The summed E-state index contributed by atoms with van der Waals surface area (Å²) in [7, 11) is 1.48. The van der Waals surface area contributed by atoms with E-state index >= 15 is 0 Å². The van der Waals surface area contributed by atoms with Gasteiger partial charge in [0, 0.05) is 19.8 Å². The predicted octanol–water partition coefficient (Wildman–Crippen LogP) is -1.79. The second-order valence-corrected chi connectivity index (χ2v) is 6.08. The number of nitrogens with zero attached hydrogens (tertiary/aromatic N) is 2. The number of nitrogens with one attached hydrogen (secondary N) is 1. The number of aryl methyl sites for hydroxylation is 1. The minimum absolute atomic E-state index is 0. The van der Waals surface area contributed by atoms with Crippen LogP contribution in [0.2, 0.25) is 0 Å². The summed E-state index contributed by atoms with van der Waals surface area (Å²) in [5.74, 6) is -1.60. The Bertz CT molecular complexity index is 1070. The van der Waals surface area contributed by atoms with Crippen LogP contribution in [-0.4, -0.2) is 38.8 Å². The van der Waals surface area contributed by atoms with Crippen molar-refractivity contribution in [3.05, 3.63) is 69.4 Å². The first-order valence-corrected chi connectivity index (χ1v) is 8.26. The predicted molar refractivity (Wildman–Crippen MR) is 98.4 cm³/mol. The van der Waals surface area contributed by atoms with Crippen LogP contribution in [0.1, 0.15) is 22.9 Å². The van der Waals surface area contributed by atoms with Gasteiger partial charge in [-0.3, -0.25) is 14.6 Å². The number of carbonyl (C=O) groups excluding carboxylic acids is 1. The Hall–Kier alpha value is -2.26. The average Bonchev–Trinajstić information content (AvgIpc) is 2.66. The van der Waals surface area contributed by atoms with E-state index in [4.69, 9.17) is 5.11 Å². The molecular formula is C19H19FN3NaO4. The van der Waals surface area contributed by atoms with Crippen LogP contribution in [0.4, 0.5) is 4.39 Å². The topological polar surface area (TPSA) is 104 Å². The number of benzene rings is 1. The number of amides is 1. The molecule has 0 aliphatic carbocycles. The molecule has 0 fully saturated rings. The normalized spacial score (nSPS) is 10.5. The van der Waals surface area contributed by atoms with Crippen LogP contribution < -0.4 is 40.4 Å². The van der Waals surface area contributed by atoms with Crippen molar-refractivity contribution in [2.75, 3.05) is 13.2 Å². The summed E-state index contributed by atoms with van der Waals surface area (Å²) in [6.45, 7) is -0.325. The van der Waals surface area contributed by atoms with Gasteiger partial charge >= 0.3 is 29.6 Å². The maximum Gasteiger partial charge on any atom is 1.00 e. The van der Waals surface area contributed by atoms with Crippen molar-refractivity contribution in [1.29, 1.82) is 0 Å². The Morgan fingerprint density at radius 1 is 1.29 bits per heavy atom. The zero-order chi connectivity index (χ0) is 19.6. The first-order valence-electron chi connectivity index (χ1n) is 8.26. The molecule has 0 saturated heterocycles. The molecule has 2 aromatic heterocycles. The maximum absolute atomic E-state index is 13.0. The van der Waals surface area contributed by atoms with Gasteiger partial charge in [0.2, 0.25) is 0 Å². The summed E-state index contributed by atoms with van der Waals surface area (Å²) in [5.41, 5.74) is 1.03. The fourth-order valence-corrected chi connectivity index (χ4v) is 2.83. The van der Waals surface area contributed by atoms with Gasteiger partial charge in [-0.05, 0) is 35.7 Å². The minimum Gasteiger partial charge on any atom is -1.00 e. The van der Waals surface area contributed by atoms with Crippen LogP contribution in [0.25, 0.3) is 11.0 Å². The third kappa shape index (κ3) is 4.41. The molecule has 0 aliphatic heterocycles. The molecular weight excluding hydrogens is 376 g/mol. The van der Waals surface area contributed by atoms with Crippen LogP contribution >= 0.6 is 0 Å². The third-order valence-corrected chi connectivity index (χ3v) is 4.21. The van der Waals surface area contributed by atoms with Gasteiger partial charge in [0.1, 0.15) is 16.9 Å². The Morgan fingerprint density at radius 3 is 2.61 bits per heavy atom. The van der Waals surface area contributed by atoms with Gasteiger partial charge in [-0.2, -0.15) is 0 Å². The molecule has 3 rings (SSSR count). The van der Waals surface area contributed by atoms with Crippen molar-refractivity contribution in [2.45, 2.75) is 6.42 Å². The van der Waals surface area contributed by atoms with Crippen molar-refractivity contribution in [2.24, 2.45) is 7.05 Å². The number of aromatic nitrogens is 2. The van der Waals surface area contributed by atoms with E-state index in [-0.39, 0.29) is 55.5 Å². The molecule has 28 heavy (non-hydrogen) atoms. The molecule has 0 radical (unpaired) electrons. The Morgan fingerprint density at radius 2 is 1.96 bits per heavy atom. The monoisotopic (exact) mass is 395 g/mol. The van der Waals surface area contributed by atoms with E-state index in [2.05, 4.69) is 10.3 Å². The van der Waals surface area contributed by atoms with Crippen LogP contribution in [0, 0.1) is 5.82 Å². The number of hydrogen-bond acceptors (Lipinski definition) is 5. The smallest absolute Gasteiger partial charge is 1.00 e. The summed E-state index contributed by atoms with van der Waals surface area (Å²) in [6.07, 6.45) is 2.00. The van der Waals surface area contributed by atoms with Crippen LogP contribution in [0.5, 0.6) is 5.75 Å². The fraction of sp³-hybridized carbons (Fsp3) is 0.211. The number of aliphatic hydroxyl groups excluding tert-OH is 1. The Labute approximate surface area is 183 Å². The second-order valence-electron chi connectivity index (χ2n) is 6.08. The Balaban J connectivity index is 0.00000210. The van der Waals surface area contributed by atoms with Gasteiger partial charge < -0.3 is 21.5 Å². The fourth-order valence-electron chi connectivity index (χ4n) is 2.83. The summed E-state index contributed by atoms with van der Waals surface area (Å²) in [4.78, 5) is 28.9. The van der Waals surface area contributed by atoms with E-state index < -0.39 is 22.8 Å². The molecule has 0 aliphatic rings. The number of hydrogen-bond donors (Lipinski definition) is 3. The molecule has 2 heterocycles. The van der Waals surface area contributed by atoms with Crippen molar-refractivity contribution in [1.82, 2.24) is 14.9 Å². The van der Waals surface area contributed by atoms with E-state index in [0.717, 1.165) is 11.1 Å². The molecule has 0 unspecified atom stereocenters. The zero-order valence-corrected chi connectivity index (χ0v) is 17.6. The third-order valence-electron chi connectivity index (χ3n) is 4.21. The van der Waals surface area contributed by atoms with Gasteiger partial charge in [0.25, 0.3) is 11.5 Å². The molecule has 1 amide bonds. The summed E-state index contributed by atoms with van der Waals surface area (Å²) < 4.78 is 14.3. The zero-order valence-electron chi connectivity index (χ0n) is 16.6. The molecule has 142 valence electrons. The molecule has 7 nitrogen and oxygen atoms in total. The number of carbonyl (C=O) groups is 1. The second kappa shape index (κ2) is 9.29. The van der Waals surface area contributed by atoms with E-state index in [1.807, 2.05) is 0 Å². The standard InChI is InChI=1S/C19H18FN3O4.Na.H/c1-23-14-9-12(8-11-2-4-13(20)5-3-11)10-22-16(14)17(25)15(19(23)27)18(26)21-6-7-24;;/h2-5,9-10,24-25H,6-8H2,1H3,(H,21,26);;/q;+1;-1. The Kier molecular flexibility index (Phi) is 7.31. The molecule has 0 atom stereocenters. The molecule has 0 saturated carbocycles. The van der Waals surface area contributed by atoms with Gasteiger partial charge in [-0.15, -0.1) is 0 Å². The number of rotatable bonds is 5. The quantitative estimate of drug-likeness (QED) is 0.443. The first kappa shape index (κ1) is 22.0. The molecule has 9 heteroatoms. The van der Waals surface area contributed by atoms with Crippen molar-refractivity contribution in [3.63, 3.8) is 0 Å².